The molecule has 0 spiro atoms. The molecule has 11 heteroatoms. The molecule has 2 aliphatic carbocycles. The lowest BCUT2D eigenvalue weighted by atomic mass is 9.86. The number of methoxy groups -OCH3 is 1. The van der Waals surface area contributed by atoms with Crippen LogP contribution in [-0.4, -0.2) is 64.2 Å². The van der Waals surface area contributed by atoms with Crippen LogP contribution in [0.15, 0.2) is 35.1 Å². The molecule has 4 aliphatic rings. The van der Waals surface area contributed by atoms with Gasteiger partial charge in [-0.15, -0.1) is 0 Å². The molecule has 1 amide bonds. The topological polar surface area (TPSA) is 141 Å². The Morgan fingerprint density at radius 2 is 1.82 bits per heavy atom. The lowest BCUT2D eigenvalue weighted by molar-refractivity contribution is -0.158. The predicted octanol–water partition coefficient (Wildman–Crippen LogP) is 4.05. The number of allylic oxidation sites excluding steroid dienone is 2. The summed E-state index contributed by atoms with van der Waals surface area (Å²) in [5.41, 5.74) is 0.390. The summed E-state index contributed by atoms with van der Waals surface area (Å²) in [6, 6.07) is 5.97. The number of aromatic nitrogens is 2. The van der Waals surface area contributed by atoms with Crippen molar-refractivity contribution < 1.29 is 28.6 Å². The number of hydrogen-bond acceptors (Lipinski definition) is 9. The van der Waals surface area contributed by atoms with E-state index in [2.05, 4.69) is 11.1 Å². The summed E-state index contributed by atoms with van der Waals surface area (Å²) in [6.45, 7) is 0.281. The Kier molecular flexibility index (Phi) is 9.19. The summed E-state index contributed by atoms with van der Waals surface area (Å²) in [7, 11) is 1.28. The van der Waals surface area contributed by atoms with Gasteiger partial charge in [0.2, 0.25) is 5.91 Å². The zero-order valence-corrected chi connectivity index (χ0v) is 25.7. The average molecular weight is 617 g/mol. The first-order valence-electron chi connectivity index (χ1n) is 16.2. The fraction of sp³-hybridized carbons (Fsp3) is 0.588. The van der Waals surface area contributed by atoms with E-state index in [-0.39, 0.29) is 67.3 Å². The predicted molar refractivity (Wildman–Crippen MR) is 163 cm³/mol. The maximum atomic E-state index is 14.3. The normalized spacial score (nSPS) is 28.7. The Balaban J connectivity index is 1.39. The maximum Gasteiger partial charge on any atom is 0.328 e. The van der Waals surface area contributed by atoms with Gasteiger partial charge < -0.3 is 19.1 Å². The number of nitriles is 1. The molecule has 2 saturated carbocycles. The third-order valence-electron chi connectivity index (χ3n) is 10.0. The highest BCUT2D eigenvalue weighted by Crippen LogP contribution is 2.38. The van der Waals surface area contributed by atoms with E-state index in [0.29, 0.717) is 16.5 Å². The third-order valence-corrected chi connectivity index (χ3v) is 10.0. The Labute approximate surface area is 262 Å². The fourth-order valence-electron chi connectivity index (χ4n) is 7.68. The molecular weight excluding hydrogens is 576 g/mol. The number of rotatable bonds is 2. The molecule has 1 aromatic heterocycles. The van der Waals surface area contributed by atoms with Crippen LogP contribution in [0.1, 0.15) is 76.2 Å². The molecule has 5 atom stereocenters. The van der Waals surface area contributed by atoms with Crippen molar-refractivity contribution in [2.75, 3.05) is 13.7 Å². The summed E-state index contributed by atoms with van der Waals surface area (Å²) in [4.78, 5) is 60.4. The van der Waals surface area contributed by atoms with Crippen molar-refractivity contribution in [3.05, 3.63) is 46.3 Å². The maximum absolute atomic E-state index is 14.3. The third kappa shape index (κ3) is 6.46. The van der Waals surface area contributed by atoms with Gasteiger partial charge in [-0.3, -0.25) is 19.0 Å². The molecule has 3 fully saturated rings. The number of benzene rings is 1. The minimum absolute atomic E-state index is 0.0183. The Bertz CT molecular complexity index is 1590. The standard InChI is InChI=1S/C34H40N4O7/c1-43-33(42)28-17-24-20-38(28)32(41)26(22-8-4-5-9-22)18-30(39)45-29-12-7-11-23(29)10-3-2-6-15-37-31(40)25-14-13-21(19-35)16-27(25)36-34(37)44-24/h2,6,13-14,16,22-24,26,28-29H,3-5,7-12,15,17-18,20H2,1H3/b6-2+/t23-,24-,26+,28+,29-/m1/s1. The summed E-state index contributed by atoms with van der Waals surface area (Å²) < 4.78 is 18.9. The molecule has 1 saturated heterocycles. The Hall–Kier alpha value is -4.20. The van der Waals surface area contributed by atoms with Gasteiger partial charge in [0, 0.05) is 13.0 Å². The van der Waals surface area contributed by atoms with Crippen molar-refractivity contribution in [1.29, 1.82) is 5.26 Å². The zero-order valence-electron chi connectivity index (χ0n) is 25.7. The van der Waals surface area contributed by atoms with E-state index in [1.54, 1.807) is 18.2 Å². The molecule has 238 valence electrons. The van der Waals surface area contributed by atoms with E-state index in [1.807, 2.05) is 12.2 Å². The van der Waals surface area contributed by atoms with Gasteiger partial charge in [0.05, 0.1) is 48.5 Å². The van der Waals surface area contributed by atoms with E-state index in [4.69, 9.17) is 14.2 Å². The largest absolute Gasteiger partial charge is 0.467 e. The molecule has 11 nitrogen and oxygen atoms in total. The summed E-state index contributed by atoms with van der Waals surface area (Å²) in [6.07, 6.45) is 11.3. The molecule has 2 aliphatic heterocycles. The second-order valence-corrected chi connectivity index (χ2v) is 12.8. The van der Waals surface area contributed by atoms with Crippen LogP contribution in [0.25, 0.3) is 10.9 Å². The van der Waals surface area contributed by atoms with Gasteiger partial charge in [0.15, 0.2) is 0 Å². The lowest BCUT2D eigenvalue weighted by Crippen LogP contribution is -2.46. The monoisotopic (exact) mass is 616 g/mol. The fourth-order valence-corrected chi connectivity index (χ4v) is 7.68. The van der Waals surface area contributed by atoms with Crippen LogP contribution in [0.2, 0.25) is 0 Å². The second-order valence-electron chi connectivity index (χ2n) is 12.8. The number of esters is 2. The van der Waals surface area contributed by atoms with Crippen molar-refractivity contribution in [1.82, 2.24) is 14.5 Å². The number of hydrogen-bond donors (Lipinski definition) is 0. The first kappa shape index (κ1) is 30.8. The minimum atomic E-state index is -0.903. The number of ether oxygens (including phenoxy) is 3. The number of amides is 1. The summed E-state index contributed by atoms with van der Waals surface area (Å²) in [5, 5.41) is 9.78. The van der Waals surface area contributed by atoms with Gasteiger partial charge in [0.1, 0.15) is 18.2 Å². The number of nitrogens with zero attached hydrogens (tertiary/aromatic N) is 4. The SMILES string of the molecule is COC(=O)[C@@H]1C[C@@H]2CN1C(=O)[C@H](C1CCCC1)CC(=O)O[C@@H]1CCC[C@H]1CC/C=C/Cn1c(nc3cc(C#N)ccc3c1=O)O2. The molecule has 6 rings (SSSR count). The van der Waals surface area contributed by atoms with Gasteiger partial charge >= 0.3 is 11.9 Å². The van der Waals surface area contributed by atoms with Gasteiger partial charge in [-0.25, -0.2) is 4.79 Å². The highest BCUT2D eigenvalue weighted by Gasteiger charge is 2.46. The van der Waals surface area contributed by atoms with Crippen LogP contribution in [0.3, 0.4) is 0 Å². The van der Waals surface area contributed by atoms with Crippen molar-refractivity contribution in [2.45, 2.75) is 95.4 Å². The summed E-state index contributed by atoms with van der Waals surface area (Å²) >= 11 is 0. The minimum Gasteiger partial charge on any atom is -0.467 e. The molecular formula is C34H40N4O7. The highest BCUT2D eigenvalue weighted by molar-refractivity contribution is 5.89. The molecule has 0 unspecified atom stereocenters. The highest BCUT2D eigenvalue weighted by atomic mass is 16.5. The molecule has 0 radical (unpaired) electrons. The molecule has 0 N–H and O–H groups in total. The van der Waals surface area contributed by atoms with E-state index in [0.717, 1.165) is 57.8 Å². The van der Waals surface area contributed by atoms with Crippen molar-refractivity contribution in [3.8, 4) is 12.1 Å². The van der Waals surface area contributed by atoms with Crippen molar-refractivity contribution in [3.63, 3.8) is 0 Å². The smallest absolute Gasteiger partial charge is 0.328 e. The first-order chi connectivity index (χ1) is 21.9. The van der Waals surface area contributed by atoms with Gasteiger partial charge in [-0.05, 0) is 75.0 Å². The molecule has 2 bridgehead atoms. The van der Waals surface area contributed by atoms with Crippen LogP contribution >= 0.6 is 0 Å². The Morgan fingerprint density at radius 1 is 1.02 bits per heavy atom. The second kappa shape index (κ2) is 13.4. The van der Waals surface area contributed by atoms with E-state index in [1.165, 1.54) is 16.6 Å². The van der Waals surface area contributed by atoms with E-state index >= 15 is 0 Å². The van der Waals surface area contributed by atoms with Crippen LogP contribution in [-0.2, 0) is 30.4 Å². The average Bonchev–Trinajstić information content (AvgIpc) is 3.82. The van der Waals surface area contributed by atoms with Gasteiger partial charge in [-0.1, -0.05) is 25.0 Å². The molecule has 1 aromatic carbocycles. The van der Waals surface area contributed by atoms with Crippen LogP contribution in [0, 0.1) is 29.1 Å². The van der Waals surface area contributed by atoms with Crippen LogP contribution in [0.4, 0.5) is 0 Å². The van der Waals surface area contributed by atoms with E-state index < -0.39 is 24.0 Å². The Morgan fingerprint density at radius 3 is 2.60 bits per heavy atom. The zero-order chi connectivity index (χ0) is 31.5. The van der Waals surface area contributed by atoms with Crippen molar-refractivity contribution >= 4 is 28.7 Å². The number of carbonyl (C=O) groups is 3. The van der Waals surface area contributed by atoms with Gasteiger partial charge in [0.25, 0.3) is 11.6 Å². The van der Waals surface area contributed by atoms with E-state index in [9.17, 15) is 24.4 Å². The quantitative estimate of drug-likeness (QED) is 0.361. The first-order valence-corrected chi connectivity index (χ1v) is 16.2. The number of fused-ring (bicyclic) bond motifs is 5. The van der Waals surface area contributed by atoms with Crippen molar-refractivity contribution in [2.24, 2.45) is 17.8 Å². The molecule has 2 aromatic rings. The summed E-state index contributed by atoms with van der Waals surface area (Å²) in [5.74, 6) is -1.52. The van der Waals surface area contributed by atoms with Crippen LogP contribution < -0.4 is 10.3 Å². The number of carbonyl (C=O) groups excluding carboxylic acids is 3. The van der Waals surface area contributed by atoms with Crippen LogP contribution in [0.5, 0.6) is 6.01 Å². The molecule has 45 heavy (non-hydrogen) atoms. The van der Waals surface area contributed by atoms with Gasteiger partial charge in [-0.2, -0.15) is 10.2 Å². The lowest BCUT2D eigenvalue weighted by Gasteiger charge is -2.30. The molecule has 3 heterocycles.